The summed E-state index contributed by atoms with van der Waals surface area (Å²) in [7, 11) is 0. The summed E-state index contributed by atoms with van der Waals surface area (Å²) in [6.45, 7) is 6.93. The molecule has 0 radical (unpaired) electrons. The lowest BCUT2D eigenvalue weighted by atomic mass is 9.44. The molecule has 0 unspecified atom stereocenters. The van der Waals surface area contributed by atoms with Crippen LogP contribution in [0.3, 0.4) is 0 Å². The van der Waals surface area contributed by atoms with Crippen molar-refractivity contribution >= 4 is 27.7 Å². The van der Waals surface area contributed by atoms with Gasteiger partial charge in [-0.15, -0.1) is 0 Å². The third kappa shape index (κ3) is 2.94. The highest BCUT2D eigenvalue weighted by molar-refractivity contribution is 9.10. The van der Waals surface area contributed by atoms with Crippen molar-refractivity contribution in [3.63, 3.8) is 0 Å². The SMILES string of the molecule is C[C@H](CCC(=O)O)[C@H]1CC[C@H]2[C@@H]3CC[C@@H]4CCCC[C@]4(C)[C@H]3[C@H](Br)C(=O)[C@]12C. The number of carbonyl (C=O) groups is 2. The van der Waals surface area contributed by atoms with Crippen molar-refractivity contribution in [3.05, 3.63) is 0 Å². The molecule has 158 valence electrons. The monoisotopic (exact) mass is 452 g/mol. The minimum Gasteiger partial charge on any atom is -0.481 e. The van der Waals surface area contributed by atoms with Gasteiger partial charge in [0.25, 0.3) is 0 Å². The Labute approximate surface area is 178 Å². The van der Waals surface area contributed by atoms with Crippen LogP contribution >= 0.6 is 15.9 Å². The van der Waals surface area contributed by atoms with E-state index in [-0.39, 0.29) is 16.7 Å². The highest BCUT2D eigenvalue weighted by atomic mass is 79.9. The molecule has 0 aromatic rings. The molecule has 0 bridgehead atoms. The van der Waals surface area contributed by atoms with E-state index < -0.39 is 5.97 Å². The van der Waals surface area contributed by atoms with Crippen molar-refractivity contribution in [1.29, 1.82) is 0 Å². The first-order valence-corrected chi connectivity index (χ1v) is 12.5. The molecule has 4 heteroatoms. The smallest absolute Gasteiger partial charge is 0.303 e. The normalized spacial score (nSPS) is 49.1. The third-order valence-electron chi connectivity index (χ3n) is 9.97. The first-order valence-electron chi connectivity index (χ1n) is 11.6. The number of aliphatic carboxylic acids is 1. The molecule has 28 heavy (non-hydrogen) atoms. The van der Waals surface area contributed by atoms with Crippen LogP contribution < -0.4 is 0 Å². The van der Waals surface area contributed by atoms with Crippen molar-refractivity contribution in [2.24, 2.45) is 46.3 Å². The Morgan fingerprint density at radius 1 is 1.18 bits per heavy atom. The summed E-state index contributed by atoms with van der Waals surface area (Å²) in [4.78, 5) is 25.0. The molecular formula is C24H37BrO3. The fourth-order valence-corrected chi connectivity index (χ4v) is 10.0. The summed E-state index contributed by atoms with van der Waals surface area (Å²) in [5.41, 5.74) is 0.0461. The molecule has 9 atom stereocenters. The number of halogens is 1. The molecule has 0 aromatic carbocycles. The largest absolute Gasteiger partial charge is 0.481 e. The number of carboxylic acid groups (broad SMARTS) is 1. The summed E-state index contributed by atoms with van der Waals surface area (Å²) in [6, 6.07) is 0. The Hall–Kier alpha value is -0.380. The quantitative estimate of drug-likeness (QED) is 0.524. The van der Waals surface area contributed by atoms with Crippen molar-refractivity contribution in [2.45, 2.75) is 89.8 Å². The van der Waals surface area contributed by atoms with Crippen LogP contribution in [0.4, 0.5) is 0 Å². The van der Waals surface area contributed by atoms with E-state index in [4.69, 9.17) is 5.11 Å². The molecule has 4 rings (SSSR count). The highest BCUT2D eigenvalue weighted by Crippen LogP contribution is 2.68. The van der Waals surface area contributed by atoms with Gasteiger partial charge in [-0.05, 0) is 85.9 Å². The van der Waals surface area contributed by atoms with Gasteiger partial charge in [0, 0.05) is 11.8 Å². The van der Waals surface area contributed by atoms with Crippen LogP contribution in [0.1, 0.15) is 85.0 Å². The summed E-state index contributed by atoms with van der Waals surface area (Å²) < 4.78 is 0. The number of rotatable bonds is 4. The van der Waals surface area contributed by atoms with Crippen LogP contribution in [-0.2, 0) is 9.59 Å². The molecule has 4 aliphatic carbocycles. The molecule has 0 spiro atoms. The van der Waals surface area contributed by atoms with Crippen LogP contribution in [-0.4, -0.2) is 21.7 Å². The van der Waals surface area contributed by atoms with E-state index in [0.29, 0.717) is 47.2 Å². The number of hydrogen-bond donors (Lipinski definition) is 1. The second kappa shape index (κ2) is 7.39. The fourth-order valence-electron chi connectivity index (χ4n) is 8.55. The number of ketones is 1. The molecular weight excluding hydrogens is 416 g/mol. The minimum atomic E-state index is -0.719. The fraction of sp³-hybridized carbons (Fsp3) is 0.917. The van der Waals surface area contributed by atoms with Crippen molar-refractivity contribution in [1.82, 2.24) is 0 Å². The van der Waals surface area contributed by atoms with Gasteiger partial charge in [-0.1, -0.05) is 49.5 Å². The Morgan fingerprint density at radius 3 is 2.64 bits per heavy atom. The van der Waals surface area contributed by atoms with Gasteiger partial charge in [0.05, 0.1) is 4.83 Å². The van der Waals surface area contributed by atoms with Gasteiger partial charge in [-0.2, -0.15) is 0 Å². The Bertz CT molecular complexity index is 648. The molecule has 0 aliphatic heterocycles. The van der Waals surface area contributed by atoms with Crippen LogP contribution in [0.25, 0.3) is 0 Å². The lowest BCUT2D eigenvalue weighted by Gasteiger charge is -2.61. The highest BCUT2D eigenvalue weighted by Gasteiger charge is 2.66. The number of hydrogen-bond acceptors (Lipinski definition) is 2. The first-order chi connectivity index (χ1) is 13.2. The average molecular weight is 453 g/mol. The predicted octanol–water partition coefficient (Wildman–Crippen LogP) is 6.09. The number of carboxylic acids is 1. The Kier molecular flexibility index (Phi) is 5.51. The first kappa shape index (κ1) is 20.9. The van der Waals surface area contributed by atoms with Crippen LogP contribution in [0.2, 0.25) is 0 Å². The molecule has 1 N–H and O–H groups in total. The van der Waals surface area contributed by atoms with Gasteiger partial charge < -0.3 is 5.11 Å². The van der Waals surface area contributed by atoms with Crippen molar-refractivity contribution in [2.75, 3.05) is 0 Å². The van der Waals surface area contributed by atoms with E-state index >= 15 is 0 Å². The number of fused-ring (bicyclic) bond motifs is 5. The van der Waals surface area contributed by atoms with Gasteiger partial charge >= 0.3 is 5.97 Å². The van der Waals surface area contributed by atoms with Gasteiger partial charge in [0.2, 0.25) is 0 Å². The van der Waals surface area contributed by atoms with Gasteiger partial charge in [-0.25, -0.2) is 0 Å². The van der Waals surface area contributed by atoms with Crippen LogP contribution in [0, 0.1) is 46.3 Å². The van der Waals surface area contributed by atoms with Gasteiger partial charge in [0.15, 0.2) is 5.78 Å². The van der Waals surface area contributed by atoms with E-state index in [1.165, 1.54) is 38.5 Å². The lowest BCUT2D eigenvalue weighted by molar-refractivity contribution is -0.155. The number of alkyl halides is 1. The van der Waals surface area contributed by atoms with E-state index in [9.17, 15) is 9.59 Å². The van der Waals surface area contributed by atoms with Crippen molar-refractivity contribution in [3.8, 4) is 0 Å². The zero-order valence-corrected chi connectivity index (χ0v) is 19.3. The second-order valence-corrected chi connectivity index (χ2v) is 12.0. The summed E-state index contributed by atoms with van der Waals surface area (Å²) in [6.07, 6.45) is 11.1. The molecule has 0 aromatic heterocycles. The summed E-state index contributed by atoms with van der Waals surface area (Å²) in [5.74, 6) is 2.80. The van der Waals surface area contributed by atoms with Gasteiger partial charge in [0.1, 0.15) is 0 Å². The lowest BCUT2D eigenvalue weighted by Crippen LogP contribution is -2.61. The second-order valence-electron chi connectivity index (χ2n) is 11.0. The zero-order chi connectivity index (χ0) is 20.3. The number of Topliss-reactive ketones (excluding diaryl/α,β-unsaturated/α-hetero) is 1. The molecule has 4 fully saturated rings. The Morgan fingerprint density at radius 2 is 1.93 bits per heavy atom. The minimum absolute atomic E-state index is 0.0167. The maximum Gasteiger partial charge on any atom is 0.303 e. The van der Waals surface area contributed by atoms with E-state index in [0.717, 1.165) is 18.8 Å². The Balaban J connectivity index is 1.63. The van der Waals surface area contributed by atoms with E-state index in [2.05, 4.69) is 36.7 Å². The van der Waals surface area contributed by atoms with Gasteiger partial charge in [-0.3, -0.25) is 9.59 Å². The summed E-state index contributed by atoms with van der Waals surface area (Å²) >= 11 is 3.96. The van der Waals surface area contributed by atoms with Crippen LogP contribution in [0.5, 0.6) is 0 Å². The predicted molar refractivity (Wildman–Crippen MR) is 114 cm³/mol. The van der Waals surface area contributed by atoms with Crippen LogP contribution in [0.15, 0.2) is 0 Å². The topological polar surface area (TPSA) is 54.4 Å². The third-order valence-corrected chi connectivity index (χ3v) is 11.0. The van der Waals surface area contributed by atoms with Crippen molar-refractivity contribution < 1.29 is 14.7 Å². The summed E-state index contributed by atoms with van der Waals surface area (Å²) in [5, 5.41) is 9.11. The zero-order valence-electron chi connectivity index (χ0n) is 17.8. The molecule has 0 heterocycles. The maximum absolute atomic E-state index is 13.9. The molecule has 0 saturated heterocycles. The van der Waals surface area contributed by atoms with E-state index in [1.807, 2.05) is 0 Å². The number of carbonyl (C=O) groups excluding carboxylic acids is 1. The molecule has 4 aliphatic rings. The molecule has 3 nitrogen and oxygen atoms in total. The average Bonchev–Trinajstić information content (AvgIpc) is 3.01. The standard InChI is InChI=1S/C24H37BrO3/c1-14(7-12-19(26)27)17-10-11-18-16-9-8-15-6-4-5-13-23(15,2)20(16)21(25)22(28)24(17,18)3/h14-18,20-21H,4-13H2,1-3H3,(H,26,27)/t14-,15+,16+,17-,18+,20-,21+,23+,24-/m1/s1. The maximum atomic E-state index is 13.9. The van der Waals surface area contributed by atoms with E-state index in [1.54, 1.807) is 0 Å². The molecule has 4 saturated carbocycles. The molecule has 0 amide bonds.